The molecule has 1 saturated carbocycles. The summed E-state index contributed by atoms with van der Waals surface area (Å²) in [5, 5.41) is 0. The van der Waals surface area contributed by atoms with Gasteiger partial charge in [-0.3, -0.25) is 4.79 Å². The van der Waals surface area contributed by atoms with Gasteiger partial charge in [-0.05, 0) is 30.9 Å². The number of ether oxygens (including phenoxy) is 2. The van der Waals surface area contributed by atoms with E-state index in [0.29, 0.717) is 23.0 Å². The van der Waals surface area contributed by atoms with Crippen molar-refractivity contribution in [2.24, 2.45) is 11.8 Å². The van der Waals surface area contributed by atoms with E-state index in [1.54, 1.807) is 14.2 Å². The molecule has 0 bridgehead atoms. The summed E-state index contributed by atoms with van der Waals surface area (Å²) in [5.41, 5.74) is 0.664. The van der Waals surface area contributed by atoms with Crippen molar-refractivity contribution in [3.63, 3.8) is 0 Å². The number of Topliss-reactive ketones (excluding diaryl/α,β-unsaturated/α-hetero) is 1. The Morgan fingerprint density at radius 2 is 1.95 bits per heavy atom. The molecule has 0 radical (unpaired) electrons. The highest BCUT2D eigenvalue weighted by atomic mass is 16.5. The van der Waals surface area contributed by atoms with Crippen LogP contribution in [0.2, 0.25) is 0 Å². The second-order valence-electron chi connectivity index (χ2n) is 5.46. The Bertz CT molecular complexity index is 467. The number of ketones is 1. The van der Waals surface area contributed by atoms with Crippen molar-refractivity contribution >= 4 is 5.78 Å². The van der Waals surface area contributed by atoms with Crippen LogP contribution in [0.1, 0.15) is 49.4 Å². The third-order valence-corrected chi connectivity index (χ3v) is 4.44. The topological polar surface area (TPSA) is 35.5 Å². The fourth-order valence-corrected chi connectivity index (χ4v) is 3.32. The van der Waals surface area contributed by atoms with Gasteiger partial charge in [-0.15, -0.1) is 0 Å². The minimum absolute atomic E-state index is 0.134. The van der Waals surface area contributed by atoms with Crippen molar-refractivity contribution in [3.05, 3.63) is 23.8 Å². The Morgan fingerprint density at radius 3 is 2.60 bits per heavy atom. The summed E-state index contributed by atoms with van der Waals surface area (Å²) in [6.45, 7) is 2.18. The molecule has 0 saturated heterocycles. The molecule has 3 heteroatoms. The second kappa shape index (κ2) is 6.78. The molecule has 2 rings (SSSR count). The standard InChI is InChI=1S/C17H24O3/c1-4-12-8-5-6-9-13(12)16(18)14-10-7-11-15(19-2)17(14)20-3/h7,10-13H,4-6,8-9H2,1-3H3. The first kappa shape index (κ1) is 14.9. The summed E-state index contributed by atoms with van der Waals surface area (Å²) < 4.78 is 10.7. The maximum atomic E-state index is 12.9. The summed E-state index contributed by atoms with van der Waals surface area (Å²) in [7, 11) is 3.19. The van der Waals surface area contributed by atoms with E-state index >= 15 is 0 Å². The highest BCUT2D eigenvalue weighted by molar-refractivity contribution is 6.01. The van der Waals surface area contributed by atoms with Crippen LogP contribution in [0.15, 0.2) is 18.2 Å². The van der Waals surface area contributed by atoms with Crippen LogP contribution in [0.3, 0.4) is 0 Å². The van der Waals surface area contributed by atoms with Crippen LogP contribution in [0.25, 0.3) is 0 Å². The molecule has 1 aromatic carbocycles. The number of carbonyl (C=O) groups is 1. The van der Waals surface area contributed by atoms with Gasteiger partial charge in [0.25, 0.3) is 0 Å². The first-order chi connectivity index (χ1) is 9.72. The van der Waals surface area contributed by atoms with Gasteiger partial charge in [0.15, 0.2) is 17.3 Å². The lowest BCUT2D eigenvalue weighted by Crippen LogP contribution is -2.27. The fraction of sp³-hybridized carbons (Fsp3) is 0.588. The van der Waals surface area contributed by atoms with Gasteiger partial charge >= 0.3 is 0 Å². The Hall–Kier alpha value is -1.51. The van der Waals surface area contributed by atoms with Gasteiger partial charge in [0.1, 0.15) is 0 Å². The molecule has 0 aliphatic heterocycles. The second-order valence-corrected chi connectivity index (χ2v) is 5.46. The molecular weight excluding hydrogens is 252 g/mol. The normalized spacial score (nSPS) is 22.4. The van der Waals surface area contributed by atoms with Crippen LogP contribution in [0.4, 0.5) is 0 Å². The van der Waals surface area contributed by atoms with Crippen LogP contribution in [0, 0.1) is 11.8 Å². The van der Waals surface area contributed by atoms with Crippen molar-refractivity contribution < 1.29 is 14.3 Å². The number of para-hydroxylation sites is 1. The number of hydrogen-bond acceptors (Lipinski definition) is 3. The fourth-order valence-electron chi connectivity index (χ4n) is 3.32. The van der Waals surface area contributed by atoms with Crippen molar-refractivity contribution in [2.45, 2.75) is 39.0 Å². The number of benzene rings is 1. The lowest BCUT2D eigenvalue weighted by Gasteiger charge is -2.30. The monoisotopic (exact) mass is 276 g/mol. The van der Waals surface area contributed by atoms with E-state index in [4.69, 9.17) is 9.47 Å². The highest BCUT2D eigenvalue weighted by Gasteiger charge is 2.32. The van der Waals surface area contributed by atoms with Crippen molar-refractivity contribution in [1.82, 2.24) is 0 Å². The van der Waals surface area contributed by atoms with Crippen LogP contribution in [0.5, 0.6) is 11.5 Å². The summed E-state index contributed by atoms with van der Waals surface area (Å²) in [6.07, 6.45) is 5.64. The quantitative estimate of drug-likeness (QED) is 0.759. The van der Waals surface area contributed by atoms with E-state index < -0.39 is 0 Å². The van der Waals surface area contributed by atoms with Crippen LogP contribution in [-0.2, 0) is 0 Å². The smallest absolute Gasteiger partial charge is 0.171 e. The van der Waals surface area contributed by atoms with Crippen molar-refractivity contribution in [3.8, 4) is 11.5 Å². The number of methoxy groups -OCH3 is 2. The van der Waals surface area contributed by atoms with Gasteiger partial charge in [-0.25, -0.2) is 0 Å². The molecular formula is C17H24O3. The minimum atomic E-state index is 0.134. The van der Waals surface area contributed by atoms with E-state index in [0.717, 1.165) is 19.3 Å². The van der Waals surface area contributed by atoms with E-state index in [1.807, 2.05) is 18.2 Å². The molecule has 2 atom stereocenters. The molecule has 0 heterocycles. The average Bonchev–Trinajstić information content (AvgIpc) is 2.53. The highest BCUT2D eigenvalue weighted by Crippen LogP contribution is 2.38. The van der Waals surface area contributed by atoms with E-state index in [-0.39, 0.29) is 11.7 Å². The summed E-state index contributed by atoms with van der Waals surface area (Å²) in [6, 6.07) is 5.54. The zero-order chi connectivity index (χ0) is 14.5. The summed E-state index contributed by atoms with van der Waals surface area (Å²) >= 11 is 0. The van der Waals surface area contributed by atoms with Crippen LogP contribution < -0.4 is 9.47 Å². The zero-order valence-corrected chi connectivity index (χ0v) is 12.6. The molecule has 2 unspecified atom stereocenters. The molecule has 0 aromatic heterocycles. The average molecular weight is 276 g/mol. The Balaban J connectivity index is 2.32. The molecule has 110 valence electrons. The van der Waals surface area contributed by atoms with E-state index in [1.165, 1.54) is 12.8 Å². The first-order valence-electron chi connectivity index (χ1n) is 7.48. The van der Waals surface area contributed by atoms with E-state index in [9.17, 15) is 4.79 Å². The van der Waals surface area contributed by atoms with Gasteiger partial charge in [0.05, 0.1) is 19.8 Å². The summed E-state index contributed by atoms with van der Waals surface area (Å²) in [5.74, 6) is 2.05. The number of rotatable bonds is 5. The Morgan fingerprint density at radius 1 is 1.20 bits per heavy atom. The molecule has 1 fully saturated rings. The zero-order valence-electron chi connectivity index (χ0n) is 12.6. The van der Waals surface area contributed by atoms with Gasteiger partial charge in [-0.2, -0.15) is 0 Å². The van der Waals surface area contributed by atoms with Gasteiger partial charge in [0, 0.05) is 5.92 Å². The molecule has 1 aromatic rings. The number of carbonyl (C=O) groups excluding carboxylic acids is 1. The van der Waals surface area contributed by atoms with Crippen molar-refractivity contribution in [1.29, 1.82) is 0 Å². The predicted octanol–water partition coefficient (Wildman–Crippen LogP) is 4.10. The van der Waals surface area contributed by atoms with Gasteiger partial charge in [-0.1, -0.05) is 32.3 Å². The Kier molecular flexibility index (Phi) is 5.05. The molecule has 3 nitrogen and oxygen atoms in total. The Labute approximate surface area is 121 Å². The first-order valence-corrected chi connectivity index (χ1v) is 7.48. The predicted molar refractivity (Wildman–Crippen MR) is 79.6 cm³/mol. The lowest BCUT2D eigenvalue weighted by atomic mass is 9.74. The minimum Gasteiger partial charge on any atom is -0.493 e. The van der Waals surface area contributed by atoms with Crippen molar-refractivity contribution in [2.75, 3.05) is 14.2 Å². The third kappa shape index (κ3) is 2.82. The third-order valence-electron chi connectivity index (χ3n) is 4.44. The maximum Gasteiger partial charge on any atom is 0.171 e. The van der Waals surface area contributed by atoms with Gasteiger partial charge < -0.3 is 9.47 Å². The van der Waals surface area contributed by atoms with Gasteiger partial charge in [0.2, 0.25) is 0 Å². The number of hydrogen-bond donors (Lipinski definition) is 0. The molecule has 1 aliphatic rings. The maximum absolute atomic E-state index is 12.9. The van der Waals surface area contributed by atoms with E-state index in [2.05, 4.69) is 6.92 Å². The lowest BCUT2D eigenvalue weighted by molar-refractivity contribution is 0.0816. The molecule has 20 heavy (non-hydrogen) atoms. The largest absolute Gasteiger partial charge is 0.493 e. The summed E-state index contributed by atoms with van der Waals surface area (Å²) in [4.78, 5) is 12.9. The SMILES string of the molecule is CCC1CCCCC1C(=O)c1cccc(OC)c1OC. The molecule has 0 N–H and O–H groups in total. The molecule has 0 spiro atoms. The molecule has 1 aliphatic carbocycles. The van der Waals surface area contributed by atoms with Crippen LogP contribution in [-0.4, -0.2) is 20.0 Å². The molecule has 0 amide bonds. The van der Waals surface area contributed by atoms with Crippen LogP contribution >= 0.6 is 0 Å².